The Morgan fingerprint density at radius 2 is 1.97 bits per heavy atom. The van der Waals surface area contributed by atoms with Crippen molar-refractivity contribution >= 4 is 34.6 Å². The fraction of sp³-hybridized carbons (Fsp3) is 0.261. The number of rotatable bonds is 4. The van der Waals surface area contributed by atoms with Gasteiger partial charge in [-0.25, -0.2) is 0 Å². The standard InChI is InChI=1S/C23H23N3O2S/c1-2-12-26-22(28)19-9-8-18(15-20(19)24-23(26)29)21(27)25-13-10-17(11-14-25)16-6-4-3-5-7-16/h3-10,15H,2,11-14H2,1H3,(H,24,29). The smallest absolute Gasteiger partial charge is 0.262 e. The Balaban J connectivity index is 1.60. The molecule has 0 bridgehead atoms. The van der Waals surface area contributed by atoms with Crippen LogP contribution in [0.5, 0.6) is 0 Å². The molecule has 1 amide bonds. The summed E-state index contributed by atoms with van der Waals surface area (Å²) < 4.78 is 1.96. The number of H-pyrrole nitrogens is 1. The van der Waals surface area contributed by atoms with E-state index in [0.717, 1.165) is 12.8 Å². The average Bonchev–Trinajstić information content (AvgIpc) is 2.76. The molecule has 0 fully saturated rings. The Morgan fingerprint density at radius 1 is 1.17 bits per heavy atom. The van der Waals surface area contributed by atoms with Crippen molar-refractivity contribution in [1.29, 1.82) is 0 Å². The number of nitrogens with zero attached hydrogens (tertiary/aromatic N) is 2. The van der Waals surface area contributed by atoms with Crippen LogP contribution >= 0.6 is 12.2 Å². The molecule has 0 saturated heterocycles. The number of hydrogen-bond donors (Lipinski definition) is 1. The number of benzene rings is 2. The second kappa shape index (κ2) is 8.17. The van der Waals surface area contributed by atoms with Gasteiger partial charge < -0.3 is 9.88 Å². The summed E-state index contributed by atoms with van der Waals surface area (Å²) in [7, 11) is 0. The van der Waals surface area contributed by atoms with Crippen LogP contribution in [0.25, 0.3) is 16.5 Å². The fourth-order valence-corrected chi connectivity index (χ4v) is 4.05. The van der Waals surface area contributed by atoms with Crippen LogP contribution < -0.4 is 5.56 Å². The molecule has 3 aromatic rings. The Kier molecular flexibility index (Phi) is 5.45. The predicted molar refractivity (Wildman–Crippen MR) is 119 cm³/mol. The molecule has 0 atom stereocenters. The largest absolute Gasteiger partial charge is 0.335 e. The van der Waals surface area contributed by atoms with Crippen LogP contribution in [-0.4, -0.2) is 33.4 Å². The van der Waals surface area contributed by atoms with Crippen LogP contribution in [0.15, 0.2) is 59.4 Å². The lowest BCUT2D eigenvalue weighted by molar-refractivity contribution is 0.0773. The van der Waals surface area contributed by atoms with Crippen molar-refractivity contribution in [3.05, 3.63) is 80.9 Å². The number of carbonyl (C=O) groups is 1. The molecule has 2 heterocycles. The lowest BCUT2D eigenvalue weighted by Crippen LogP contribution is -2.34. The number of amides is 1. The molecule has 1 N–H and O–H groups in total. The highest BCUT2D eigenvalue weighted by atomic mass is 32.1. The van der Waals surface area contributed by atoms with Gasteiger partial charge in [0.1, 0.15) is 0 Å². The summed E-state index contributed by atoms with van der Waals surface area (Å²) in [6.07, 6.45) is 3.77. The summed E-state index contributed by atoms with van der Waals surface area (Å²) in [6.45, 7) is 3.83. The van der Waals surface area contributed by atoms with E-state index in [-0.39, 0.29) is 11.5 Å². The summed E-state index contributed by atoms with van der Waals surface area (Å²) >= 11 is 5.33. The normalized spacial score (nSPS) is 14.1. The van der Waals surface area contributed by atoms with E-state index in [4.69, 9.17) is 12.2 Å². The summed E-state index contributed by atoms with van der Waals surface area (Å²) in [5.41, 5.74) is 3.54. The van der Waals surface area contributed by atoms with Crippen LogP contribution in [0.1, 0.15) is 35.7 Å². The molecular formula is C23H23N3O2S. The van der Waals surface area contributed by atoms with Gasteiger partial charge in [-0.3, -0.25) is 14.2 Å². The minimum atomic E-state index is -0.113. The van der Waals surface area contributed by atoms with Crippen LogP contribution in [-0.2, 0) is 6.54 Å². The predicted octanol–water partition coefficient (Wildman–Crippen LogP) is 4.40. The molecule has 0 saturated carbocycles. The second-order valence-corrected chi connectivity index (χ2v) is 7.63. The van der Waals surface area contributed by atoms with E-state index in [2.05, 4.69) is 23.2 Å². The van der Waals surface area contributed by atoms with Gasteiger partial charge in [0.25, 0.3) is 11.5 Å². The van der Waals surface area contributed by atoms with Gasteiger partial charge in [0.2, 0.25) is 0 Å². The third-order valence-electron chi connectivity index (χ3n) is 5.32. The summed E-state index contributed by atoms with van der Waals surface area (Å²) in [6, 6.07) is 15.4. The maximum atomic E-state index is 13.0. The van der Waals surface area contributed by atoms with E-state index in [0.29, 0.717) is 40.9 Å². The number of nitrogens with one attached hydrogen (secondary N) is 1. The van der Waals surface area contributed by atoms with E-state index >= 15 is 0 Å². The van der Waals surface area contributed by atoms with E-state index < -0.39 is 0 Å². The van der Waals surface area contributed by atoms with Crippen molar-refractivity contribution in [2.75, 3.05) is 13.1 Å². The van der Waals surface area contributed by atoms with Gasteiger partial charge >= 0.3 is 0 Å². The monoisotopic (exact) mass is 405 g/mol. The topological polar surface area (TPSA) is 58.1 Å². The van der Waals surface area contributed by atoms with E-state index in [9.17, 15) is 9.59 Å². The fourth-order valence-electron chi connectivity index (χ4n) is 3.76. The van der Waals surface area contributed by atoms with Crippen molar-refractivity contribution < 1.29 is 4.79 Å². The van der Waals surface area contributed by atoms with Gasteiger partial charge in [-0.05, 0) is 54.4 Å². The number of fused-ring (bicyclic) bond motifs is 1. The lowest BCUT2D eigenvalue weighted by atomic mass is 9.99. The van der Waals surface area contributed by atoms with Crippen molar-refractivity contribution in [1.82, 2.24) is 14.5 Å². The lowest BCUT2D eigenvalue weighted by Gasteiger charge is -2.27. The first kappa shape index (κ1) is 19.3. The molecule has 2 aromatic carbocycles. The highest BCUT2D eigenvalue weighted by molar-refractivity contribution is 7.71. The number of carbonyl (C=O) groups excluding carboxylic acids is 1. The zero-order valence-corrected chi connectivity index (χ0v) is 17.2. The summed E-state index contributed by atoms with van der Waals surface area (Å²) in [5, 5.41) is 0.550. The Morgan fingerprint density at radius 3 is 2.66 bits per heavy atom. The molecule has 1 aromatic heterocycles. The number of hydrogen-bond acceptors (Lipinski definition) is 3. The quantitative estimate of drug-likeness (QED) is 0.655. The SMILES string of the molecule is CCCn1c(=S)[nH]c2cc(C(=O)N3CC=C(c4ccccc4)CC3)ccc2c1=O. The second-order valence-electron chi connectivity index (χ2n) is 7.24. The molecule has 0 spiro atoms. The van der Waals surface area contributed by atoms with E-state index in [1.165, 1.54) is 11.1 Å². The third kappa shape index (κ3) is 3.80. The molecule has 1 aliphatic rings. The molecule has 0 aliphatic carbocycles. The van der Waals surface area contributed by atoms with Crippen molar-refractivity contribution in [3.63, 3.8) is 0 Å². The van der Waals surface area contributed by atoms with Crippen LogP contribution in [0.2, 0.25) is 0 Å². The Bertz CT molecular complexity index is 1210. The number of aromatic amines is 1. The van der Waals surface area contributed by atoms with Gasteiger partial charge in [-0.2, -0.15) is 0 Å². The number of aromatic nitrogens is 2. The first-order chi connectivity index (χ1) is 14.1. The van der Waals surface area contributed by atoms with Crippen LogP contribution in [0, 0.1) is 4.77 Å². The Labute approximate surface area is 174 Å². The summed E-state index contributed by atoms with van der Waals surface area (Å²) in [5.74, 6) is -0.0349. The average molecular weight is 406 g/mol. The van der Waals surface area contributed by atoms with Crippen LogP contribution in [0.3, 0.4) is 0 Å². The van der Waals surface area contributed by atoms with Gasteiger partial charge in [0.05, 0.1) is 10.9 Å². The zero-order chi connectivity index (χ0) is 20.4. The highest BCUT2D eigenvalue weighted by Gasteiger charge is 2.20. The van der Waals surface area contributed by atoms with Crippen molar-refractivity contribution in [3.8, 4) is 0 Å². The minimum Gasteiger partial charge on any atom is -0.335 e. The van der Waals surface area contributed by atoms with Gasteiger partial charge in [-0.1, -0.05) is 43.3 Å². The Hall–Kier alpha value is -2.99. The molecule has 148 valence electrons. The van der Waals surface area contributed by atoms with Crippen molar-refractivity contribution in [2.45, 2.75) is 26.3 Å². The molecule has 6 heteroatoms. The molecule has 29 heavy (non-hydrogen) atoms. The van der Waals surface area contributed by atoms with Gasteiger partial charge in [-0.15, -0.1) is 0 Å². The van der Waals surface area contributed by atoms with Crippen LogP contribution in [0.4, 0.5) is 0 Å². The zero-order valence-electron chi connectivity index (χ0n) is 16.4. The van der Waals surface area contributed by atoms with Crippen molar-refractivity contribution in [2.24, 2.45) is 0 Å². The molecule has 0 radical (unpaired) electrons. The molecule has 5 nitrogen and oxygen atoms in total. The first-order valence-corrected chi connectivity index (χ1v) is 10.3. The third-order valence-corrected chi connectivity index (χ3v) is 5.64. The molecule has 4 rings (SSSR count). The summed E-state index contributed by atoms with van der Waals surface area (Å²) in [4.78, 5) is 30.6. The highest BCUT2D eigenvalue weighted by Crippen LogP contribution is 2.23. The maximum Gasteiger partial charge on any atom is 0.262 e. The minimum absolute atomic E-state index is 0.0349. The molecule has 1 aliphatic heterocycles. The molecular weight excluding hydrogens is 382 g/mol. The van der Waals surface area contributed by atoms with E-state index in [1.807, 2.05) is 30.0 Å². The maximum absolute atomic E-state index is 13.0. The van der Waals surface area contributed by atoms with Gasteiger partial charge in [0.15, 0.2) is 4.77 Å². The first-order valence-electron chi connectivity index (χ1n) is 9.89. The van der Waals surface area contributed by atoms with Gasteiger partial charge in [0, 0.05) is 25.2 Å². The van der Waals surface area contributed by atoms with E-state index in [1.54, 1.807) is 22.8 Å². The molecule has 0 unspecified atom stereocenters.